The summed E-state index contributed by atoms with van der Waals surface area (Å²) in [6.07, 6.45) is 0.186. The van der Waals surface area contributed by atoms with E-state index in [9.17, 15) is 27.7 Å². The van der Waals surface area contributed by atoms with Crippen LogP contribution in [0.1, 0.15) is 25.0 Å². The molecule has 8 nitrogen and oxygen atoms in total. The van der Waals surface area contributed by atoms with E-state index in [1.807, 2.05) is 4.90 Å². The zero-order chi connectivity index (χ0) is 23.6. The number of halogens is 1. The first-order valence-corrected chi connectivity index (χ1v) is 11.7. The number of aryl methyl sites for hydroxylation is 1. The number of para-hydroxylation sites is 1. The van der Waals surface area contributed by atoms with Crippen molar-refractivity contribution in [3.05, 3.63) is 69.5 Å². The predicted molar refractivity (Wildman–Crippen MR) is 117 cm³/mol. The summed E-state index contributed by atoms with van der Waals surface area (Å²) in [6.45, 7) is 5.49. The van der Waals surface area contributed by atoms with E-state index in [1.54, 1.807) is 26.0 Å². The van der Waals surface area contributed by atoms with E-state index < -0.39 is 32.7 Å². The monoisotopic (exact) mass is 463 g/mol. The average molecular weight is 464 g/mol. The minimum atomic E-state index is -4.11. The summed E-state index contributed by atoms with van der Waals surface area (Å²) in [6, 6.07) is 9.01. The highest BCUT2D eigenvalue weighted by Crippen LogP contribution is 2.29. The van der Waals surface area contributed by atoms with Crippen molar-refractivity contribution in [3.63, 3.8) is 0 Å². The van der Waals surface area contributed by atoms with Crippen LogP contribution in [0.3, 0.4) is 0 Å². The molecule has 2 atom stereocenters. The summed E-state index contributed by atoms with van der Waals surface area (Å²) >= 11 is 0. The second-order valence-corrected chi connectivity index (χ2v) is 9.97. The van der Waals surface area contributed by atoms with Crippen molar-refractivity contribution in [3.8, 4) is 0 Å². The Labute approximate surface area is 186 Å². The van der Waals surface area contributed by atoms with Crippen LogP contribution < -0.4 is 0 Å². The largest absolute Gasteiger partial charge is 0.298 e. The number of benzene rings is 2. The molecule has 0 unspecified atom stereocenters. The van der Waals surface area contributed by atoms with Gasteiger partial charge in [0, 0.05) is 31.7 Å². The lowest BCUT2D eigenvalue weighted by atomic mass is 9.99. The summed E-state index contributed by atoms with van der Waals surface area (Å²) in [7, 11) is -4.11. The van der Waals surface area contributed by atoms with Crippen LogP contribution in [0.25, 0.3) is 0 Å². The number of hydrogen-bond acceptors (Lipinski definition) is 6. The van der Waals surface area contributed by atoms with Gasteiger partial charge in [-0.15, -0.1) is 0 Å². The fraction of sp³-hybridized carbons (Fsp3) is 0.409. The normalized spacial score (nSPS) is 18.9. The number of sulfonamides is 1. The number of piperazine rings is 1. The lowest BCUT2D eigenvalue weighted by Gasteiger charge is -2.41. The van der Waals surface area contributed by atoms with Gasteiger partial charge in [0.1, 0.15) is 11.6 Å². The maximum atomic E-state index is 14.4. The molecule has 1 heterocycles. The smallest absolute Gasteiger partial charge is 0.289 e. The van der Waals surface area contributed by atoms with Crippen LogP contribution in [-0.2, 0) is 21.2 Å². The number of carbonyl (C=O) groups excluding carboxylic acids is 1. The highest BCUT2D eigenvalue weighted by Gasteiger charge is 2.39. The Morgan fingerprint density at radius 3 is 2.53 bits per heavy atom. The maximum absolute atomic E-state index is 14.4. The van der Waals surface area contributed by atoms with Crippen molar-refractivity contribution < 1.29 is 22.5 Å². The molecular weight excluding hydrogens is 437 g/mol. The van der Waals surface area contributed by atoms with Crippen LogP contribution in [0.15, 0.2) is 47.4 Å². The highest BCUT2D eigenvalue weighted by molar-refractivity contribution is 7.89. The van der Waals surface area contributed by atoms with Crippen LogP contribution in [-0.4, -0.2) is 60.0 Å². The minimum Gasteiger partial charge on any atom is -0.298 e. The number of Topliss-reactive ketones (excluding diaryl/α,β-unsaturated/α-hetero) is 1. The first kappa shape index (κ1) is 24.0. The van der Waals surface area contributed by atoms with E-state index in [0.29, 0.717) is 5.56 Å². The topological polar surface area (TPSA) is 101 Å². The van der Waals surface area contributed by atoms with Crippen LogP contribution in [0.2, 0.25) is 0 Å². The molecule has 2 aromatic rings. The zero-order valence-electron chi connectivity index (χ0n) is 18.2. The van der Waals surface area contributed by atoms with Gasteiger partial charge in [0.15, 0.2) is 4.90 Å². The van der Waals surface area contributed by atoms with E-state index >= 15 is 0 Å². The molecule has 1 fully saturated rings. The minimum absolute atomic E-state index is 0.0652. The Hall–Kier alpha value is -2.69. The van der Waals surface area contributed by atoms with Gasteiger partial charge >= 0.3 is 0 Å². The van der Waals surface area contributed by atoms with Gasteiger partial charge in [-0.3, -0.25) is 19.8 Å². The molecule has 0 spiro atoms. The Kier molecular flexibility index (Phi) is 7.06. The Morgan fingerprint density at radius 1 is 1.25 bits per heavy atom. The van der Waals surface area contributed by atoms with Gasteiger partial charge in [-0.05, 0) is 50.5 Å². The van der Waals surface area contributed by atoms with E-state index in [4.69, 9.17) is 0 Å². The number of carbonyl (C=O) groups is 1. The molecule has 0 aliphatic carbocycles. The summed E-state index contributed by atoms with van der Waals surface area (Å²) < 4.78 is 42.0. The number of nitro groups is 1. The van der Waals surface area contributed by atoms with Gasteiger partial charge < -0.3 is 0 Å². The van der Waals surface area contributed by atoms with Crippen molar-refractivity contribution in [1.82, 2.24) is 9.21 Å². The molecule has 0 bridgehead atoms. The van der Waals surface area contributed by atoms with Crippen LogP contribution >= 0.6 is 0 Å². The van der Waals surface area contributed by atoms with Gasteiger partial charge in [-0.25, -0.2) is 12.8 Å². The second kappa shape index (κ2) is 9.43. The van der Waals surface area contributed by atoms with Crippen LogP contribution in [0, 0.1) is 22.9 Å². The maximum Gasteiger partial charge on any atom is 0.289 e. The first-order chi connectivity index (χ1) is 15.0. The summed E-state index contributed by atoms with van der Waals surface area (Å²) in [5, 5.41) is 11.3. The number of hydrogen-bond donors (Lipinski definition) is 0. The SMILES string of the molecule is CC(=O)[C@H](Cc1ccc(C)cc1F)N1CCN(S(=O)(=O)c2ccccc2[N+](=O)[O-])[C@@H](C)C1. The molecule has 2 aromatic carbocycles. The number of rotatable bonds is 7. The predicted octanol–water partition coefficient (Wildman–Crippen LogP) is 2.94. The standard InChI is InChI=1S/C22H26FN3O5S/c1-15-8-9-18(19(23)12-15)13-21(17(3)27)24-10-11-25(16(2)14-24)32(30,31)22-7-5-4-6-20(22)26(28)29/h4-9,12,16,21H,10-11,13-14H2,1-3H3/t16-,21-/m0/s1. The summed E-state index contributed by atoms with van der Waals surface area (Å²) in [4.78, 5) is 24.5. The number of nitro benzene ring substituents is 1. The number of ketones is 1. The molecule has 10 heteroatoms. The van der Waals surface area contributed by atoms with E-state index in [1.165, 1.54) is 35.5 Å². The fourth-order valence-electron chi connectivity index (χ4n) is 4.12. The first-order valence-electron chi connectivity index (χ1n) is 10.3. The third-order valence-electron chi connectivity index (χ3n) is 5.78. The van der Waals surface area contributed by atoms with Crippen molar-refractivity contribution in [2.75, 3.05) is 19.6 Å². The van der Waals surface area contributed by atoms with Crippen molar-refractivity contribution in [2.24, 2.45) is 0 Å². The lowest BCUT2D eigenvalue weighted by Crippen LogP contribution is -2.58. The molecular formula is C22H26FN3O5S. The molecule has 1 saturated heterocycles. The molecule has 1 aliphatic heterocycles. The molecule has 0 amide bonds. The van der Waals surface area contributed by atoms with Crippen molar-refractivity contribution >= 4 is 21.5 Å². The Bertz CT molecular complexity index is 1140. The average Bonchev–Trinajstić information content (AvgIpc) is 2.72. The van der Waals surface area contributed by atoms with Crippen molar-refractivity contribution in [2.45, 2.75) is 44.2 Å². The third kappa shape index (κ3) is 4.87. The zero-order valence-corrected chi connectivity index (χ0v) is 19.0. The molecule has 172 valence electrons. The highest BCUT2D eigenvalue weighted by atomic mass is 32.2. The Morgan fingerprint density at radius 2 is 1.94 bits per heavy atom. The summed E-state index contributed by atoms with van der Waals surface area (Å²) in [5.74, 6) is -0.505. The fourth-order valence-corrected chi connectivity index (χ4v) is 5.89. The van der Waals surface area contributed by atoms with Gasteiger partial charge in [-0.1, -0.05) is 24.3 Å². The van der Waals surface area contributed by atoms with Gasteiger partial charge in [0.25, 0.3) is 5.69 Å². The Balaban J connectivity index is 1.81. The molecule has 0 saturated carbocycles. The molecule has 3 rings (SSSR count). The van der Waals surface area contributed by atoms with Crippen molar-refractivity contribution in [1.29, 1.82) is 0 Å². The van der Waals surface area contributed by atoms with Gasteiger partial charge in [0.2, 0.25) is 10.0 Å². The third-order valence-corrected chi connectivity index (χ3v) is 7.84. The molecule has 0 radical (unpaired) electrons. The quantitative estimate of drug-likeness (QED) is 0.462. The van der Waals surface area contributed by atoms with Crippen LogP contribution in [0.4, 0.5) is 10.1 Å². The van der Waals surface area contributed by atoms with E-state index in [-0.39, 0.29) is 42.6 Å². The lowest BCUT2D eigenvalue weighted by molar-refractivity contribution is -0.387. The van der Waals surface area contributed by atoms with E-state index in [2.05, 4.69) is 0 Å². The molecule has 0 N–H and O–H groups in total. The number of nitrogens with zero attached hydrogens (tertiary/aromatic N) is 3. The van der Waals surface area contributed by atoms with E-state index in [0.717, 1.165) is 11.6 Å². The second-order valence-electron chi connectivity index (χ2n) is 8.11. The summed E-state index contributed by atoms with van der Waals surface area (Å²) in [5.41, 5.74) is 0.741. The molecule has 0 aromatic heterocycles. The molecule has 1 aliphatic rings. The van der Waals surface area contributed by atoms with Gasteiger partial charge in [-0.2, -0.15) is 4.31 Å². The van der Waals surface area contributed by atoms with Gasteiger partial charge in [0.05, 0.1) is 11.0 Å². The van der Waals surface area contributed by atoms with Crippen LogP contribution in [0.5, 0.6) is 0 Å². The molecule has 32 heavy (non-hydrogen) atoms.